The Morgan fingerprint density at radius 2 is 1.53 bits per heavy atom. The predicted molar refractivity (Wildman–Crippen MR) is 72.0 cm³/mol. The molecule has 1 aromatic heterocycles. The molecule has 1 aromatic carbocycles. The molecule has 0 saturated heterocycles. The predicted octanol–water partition coefficient (Wildman–Crippen LogP) is 5.01. The molecule has 0 saturated carbocycles. The zero-order valence-electron chi connectivity index (χ0n) is 11.8. The van der Waals surface area contributed by atoms with E-state index in [0.29, 0.717) is 16.6 Å². The second-order valence-corrected chi connectivity index (χ2v) is 3.19. The number of aromatic nitrogens is 2. The largest absolute Gasteiger partial charge is 0.416 e. The SMILES string of the molecule is CC.CC.Cc1ncnc2ccc(C(F)(F)F)cc12. The van der Waals surface area contributed by atoms with Gasteiger partial charge in [-0.05, 0) is 25.1 Å². The van der Waals surface area contributed by atoms with Gasteiger partial charge in [0.15, 0.2) is 0 Å². The molecule has 19 heavy (non-hydrogen) atoms. The van der Waals surface area contributed by atoms with Gasteiger partial charge >= 0.3 is 6.18 Å². The first kappa shape index (κ1) is 17.4. The van der Waals surface area contributed by atoms with Crippen LogP contribution in [0.25, 0.3) is 10.9 Å². The van der Waals surface area contributed by atoms with E-state index in [-0.39, 0.29) is 0 Å². The monoisotopic (exact) mass is 272 g/mol. The average Bonchev–Trinajstić information content (AvgIpc) is 2.42. The van der Waals surface area contributed by atoms with Crippen LogP contribution in [0.2, 0.25) is 0 Å². The zero-order valence-corrected chi connectivity index (χ0v) is 11.8. The van der Waals surface area contributed by atoms with Crippen LogP contribution >= 0.6 is 0 Å². The zero-order chi connectivity index (χ0) is 15.1. The average molecular weight is 272 g/mol. The van der Waals surface area contributed by atoms with E-state index in [0.717, 1.165) is 12.1 Å². The van der Waals surface area contributed by atoms with E-state index in [1.807, 2.05) is 27.7 Å². The minimum absolute atomic E-state index is 0.437. The Labute approximate surface area is 111 Å². The summed E-state index contributed by atoms with van der Waals surface area (Å²) in [6.45, 7) is 9.66. The summed E-state index contributed by atoms with van der Waals surface area (Å²) in [6.07, 6.45) is -2.98. The molecule has 2 aromatic rings. The van der Waals surface area contributed by atoms with Gasteiger partial charge in [0.1, 0.15) is 6.33 Å². The fourth-order valence-corrected chi connectivity index (χ4v) is 1.36. The first-order valence-electron chi connectivity index (χ1n) is 6.27. The summed E-state index contributed by atoms with van der Waals surface area (Å²) >= 11 is 0. The lowest BCUT2D eigenvalue weighted by Crippen LogP contribution is -2.04. The Balaban J connectivity index is 0.000000741. The highest BCUT2D eigenvalue weighted by molar-refractivity contribution is 5.81. The molecule has 106 valence electrons. The number of hydrogen-bond donors (Lipinski definition) is 0. The smallest absolute Gasteiger partial charge is 0.241 e. The lowest BCUT2D eigenvalue weighted by molar-refractivity contribution is -0.137. The third-order valence-corrected chi connectivity index (χ3v) is 2.16. The molecular weight excluding hydrogens is 253 g/mol. The van der Waals surface area contributed by atoms with Crippen LogP contribution in [0, 0.1) is 6.92 Å². The van der Waals surface area contributed by atoms with Crippen molar-refractivity contribution in [1.29, 1.82) is 0 Å². The second kappa shape index (κ2) is 7.71. The summed E-state index contributed by atoms with van der Waals surface area (Å²) < 4.78 is 37.2. The van der Waals surface area contributed by atoms with Gasteiger partial charge in [-0.2, -0.15) is 13.2 Å². The number of alkyl halides is 3. The highest BCUT2D eigenvalue weighted by atomic mass is 19.4. The summed E-state index contributed by atoms with van der Waals surface area (Å²) in [5.74, 6) is 0. The highest BCUT2D eigenvalue weighted by Gasteiger charge is 2.30. The maximum Gasteiger partial charge on any atom is 0.416 e. The van der Waals surface area contributed by atoms with Crippen molar-refractivity contribution < 1.29 is 13.2 Å². The third-order valence-electron chi connectivity index (χ3n) is 2.16. The molecule has 0 aliphatic rings. The standard InChI is InChI=1S/C10H7F3N2.2C2H6/c1-6-8-4-7(10(11,12)13)2-3-9(8)15-5-14-6;2*1-2/h2-5H,1H3;2*1-2H3. The van der Waals surface area contributed by atoms with E-state index in [9.17, 15) is 13.2 Å². The summed E-state index contributed by atoms with van der Waals surface area (Å²) in [5, 5.41) is 0.437. The fraction of sp³-hybridized carbons (Fsp3) is 0.429. The molecule has 2 rings (SSSR count). The Hall–Kier alpha value is -1.65. The Bertz CT molecular complexity index is 508. The van der Waals surface area contributed by atoms with Crippen LogP contribution in [-0.4, -0.2) is 9.97 Å². The minimum Gasteiger partial charge on any atom is -0.241 e. The molecular formula is C14H19F3N2. The maximum absolute atomic E-state index is 12.4. The molecule has 0 radical (unpaired) electrons. The van der Waals surface area contributed by atoms with Gasteiger partial charge in [-0.1, -0.05) is 27.7 Å². The second-order valence-electron chi connectivity index (χ2n) is 3.19. The van der Waals surface area contributed by atoms with Crippen LogP contribution in [-0.2, 0) is 6.18 Å². The van der Waals surface area contributed by atoms with Crippen LogP contribution in [0.1, 0.15) is 39.0 Å². The lowest BCUT2D eigenvalue weighted by atomic mass is 10.1. The molecule has 2 nitrogen and oxygen atoms in total. The van der Waals surface area contributed by atoms with Crippen LogP contribution in [0.3, 0.4) is 0 Å². The molecule has 0 aliphatic carbocycles. The van der Waals surface area contributed by atoms with Crippen molar-refractivity contribution in [2.24, 2.45) is 0 Å². The first-order valence-corrected chi connectivity index (χ1v) is 6.27. The number of fused-ring (bicyclic) bond motifs is 1. The van der Waals surface area contributed by atoms with Crippen molar-refractivity contribution >= 4 is 10.9 Å². The van der Waals surface area contributed by atoms with Gasteiger partial charge in [0, 0.05) is 11.1 Å². The van der Waals surface area contributed by atoms with Crippen molar-refractivity contribution in [3.63, 3.8) is 0 Å². The van der Waals surface area contributed by atoms with E-state index in [1.165, 1.54) is 12.4 Å². The topological polar surface area (TPSA) is 25.8 Å². The molecule has 0 fully saturated rings. The van der Waals surface area contributed by atoms with E-state index in [2.05, 4.69) is 9.97 Å². The lowest BCUT2D eigenvalue weighted by Gasteiger charge is -2.07. The van der Waals surface area contributed by atoms with Crippen LogP contribution in [0.15, 0.2) is 24.5 Å². The van der Waals surface area contributed by atoms with E-state index < -0.39 is 11.7 Å². The van der Waals surface area contributed by atoms with Crippen LogP contribution in [0.4, 0.5) is 13.2 Å². The fourth-order valence-electron chi connectivity index (χ4n) is 1.36. The van der Waals surface area contributed by atoms with Gasteiger partial charge in [0.25, 0.3) is 0 Å². The maximum atomic E-state index is 12.4. The van der Waals surface area contributed by atoms with Crippen molar-refractivity contribution in [2.75, 3.05) is 0 Å². The summed E-state index contributed by atoms with van der Waals surface area (Å²) in [5.41, 5.74) is 0.398. The minimum atomic E-state index is -4.32. The number of aryl methyl sites for hydroxylation is 1. The van der Waals surface area contributed by atoms with E-state index in [1.54, 1.807) is 6.92 Å². The molecule has 0 unspecified atom stereocenters. The van der Waals surface area contributed by atoms with Crippen molar-refractivity contribution in [3.8, 4) is 0 Å². The van der Waals surface area contributed by atoms with Crippen LogP contribution < -0.4 is 0 Å². The molecule has 0 bridgehead atoms. The van der Waals surface area contributed by atoms with E-state index in [4.69, 9.17) is 0 Å². The Morgan fingerprint density at radius 3 is 2.05 bits per heavy atom. The molecule has 5 heteroatoms. The molecule has 0 aliphatic heterocycles. The van der Waals surface area contributed by atoms with E-state index >= 15 is 0 Å². The van der Waals surface area contributed by atoms with Gasteiger partial charge in [0.05, 0.1) is 11.1 Å². The number of hydrogen-bond acceptors (Lipinski definition) is 2. The van der Waals surface area contributed by atoms with Crippen molar-refractivity contribution in [1.82, 2.24) is 9.97 Å². The number of rotatable bonds is 0. The Kier molecular flexibility index (Phi) is 7.04. The first-order chi connectivity index (χ1) is 8.98. The summed E-state index contributed by atoms with van der Waals surface area (Å²) in [6, 6.07) is 3.45. The summed E-state index contributed by atoms with van der Waals surface area (Å²) in [4.78, 5) is 7.74. The third kappa shape index (κ3) is 4.50. The quantitative estimate of drug-likeness (QED) is 0.673. The molecule has 0 atom stereocenters. The van der Waals surface area contributed by atoms with Gasteiger partial charge in [0.2, 0.25) is 0 Å². The van der Waals surface area contributed by atoms with Gasteiger partial charge in [-0.15, -0.1) is 0 Å². The van der Waals surface area contributed by atoms with Gasteiger partial charge in [-0.3, -0.25) is 0 Å². The van der Waals surface area contributed by atoms with Crippen molar-refractivity contribution in [3.05, 3.63) is 35.8 Å². The molecule has 0 N–H and O–H groups in total. The van der Waals surface area contributed by atoms with Crippen molar-refractivity contribution in [2.45, 2.75) is 40.8 Å². The number of halogens is 3. The summed E-state index contributed by atoms with van der Waals surface area (Å²) in [7, 11) is 0. The number of benzene rings is 1. The van der Waals surface area contributed by atoms with Crippen LogP contribution in [0.5, 0.6) is 0 Å². The highest BCUT2D eigenvalue weighted by Crippen LogP contribution is 2.31. The van der Waals surface area contributed by atoms with Gasteiger partial charge < -0.3 is 0 Å². The Morgan fingerprint density at radius 1 is 0.947 bits per heavy atom. The molecule has 1 heterocycles. The normalized spacial score (nSPS) is 10.1. The van der Waals surface area contributed by atoms with Gasteiger partial charge in [-0.25, -0.2) is 9.97 Å². The molecule has 0 amide bonds. The molecule has 0 spiro atoms. The number of nitrogens with zero attached hydrogens (tertiary/aromatic N) is 2.